The number of nitrogens with zero attached hydrogens (tertiary/aromatic N) is 2. The summed E-state index contributed by atoms with van der Waals surface area (Å²) < 4.78 is 50.7. The van der Waals surface area contributed by atoms with E-state index in [4.69, 9.17) is 0 Å². The minimum absolute atomic E-state index is 0.00971. The molecule has 162 valence electrons. The number of carbonyl (C=O) groups excluding carboxylic acids is 1. The molecule has 11 heteroatoms. The number of carbonyl (C=O) groups is 1. The molecular weight excluding hydrogens is 430 g/mol. The highest BCUT2D eigenvalue weighted by Gasteiger charge is 2.32. The monoisotopic (exact) mass is 453 g/mol. The van der Waals surface area contributed by atoms with Gasteiger partial charge in [-0.15, -0.1) is 0 Å². The molecule has 2 N–H and O–H groups in total. The Morgan fingerprint density at radius 3 is 2.47 bits per heavy atom. The number of amides is 1. The predicted octanol–water partition coefficient (Wildman–Crippen LogP) is 1.62. The number of phenols is 1. The number of aromatic nitrogens is 1. The van der Waals surface area contributed by atoms with E-state index >= 15 is 0 Å². The highest BCUT2D eigenvalue weighted by Crippen LogP contribution is 2.29. The van der Waals surface area contributed by atoms with E-state index in [0.717, 1.165) is 0 Å². The molecule has 1 fully saturated rings. The molecule has 0 bridgehead atoms. The molecule has 0 atom stereocenters. The van der Waals surface area contributed by atoms with E-state index in [1.807, 2.05) is 0 Å². The third kappa shape index (κ3) is 4.63. The quantitative estimate of drug-likeness (QED) is 0.635. The Bertz CT molecular complexity index is 1130. The zero-order valence-corrected chi connectivity index (χ0v) is 18.0. The molecule has 0 unspecified atom stereocenters. The SMILES string of the molecule is CCS(=O)(=O)c1ccc(O)c(NC(=O)C2CCN(S(=O)(=O)c3cccnc3)CC2)c1. The summed E-state index contributed by atoms with van der Waals surface area (Å²) >= 11 is 0. The van der Waals surface area contributed by atoms with E-state index in [2.05, 4.69) is 10.3 Å². The molecule has 1 saturated heterocycles. The molecule has 1 aliphatic heterocycles. The maximum atomic E-state index is 12.7. The molecule has 3 rings (SSSR count). The number of pyridine rings is 1. The van der Waals surface area contributed by atoms with Gasteiger partial charge in [-0.1, -0.05) is 6.92 Å². The van der Waals surface area contributed by atoms with Gasteiger partial charge in [-0.3, -0.25) is 9.78 Å². The molecule has 0 aliphatic carbocycles. The largest absolute Gasteiger partial charge is 0.506 e. The third-order valence-corrected chi connectivity index (χ3v) is 8.68. The Morgan fingerprint density at radius 1 is 1.17 bits per heavy atom. The van der Waals surface area contributed by atoms with Gasteiger partial charge in [0.05, 0.1) is 16.3 Å². The fraction of sp³-hybridized carbons (Fsp3) is 0.368. The lowest BCUT2D eigenvalue weighted by atomic mass is 9.97. The fourth-order valence-electron chi connectivity index (χ4n) is 3.22. The van der Waals surface area contributed by atoms with Gasteiger partial charge in [0.1, 0.15) is 10.6 Å². The van der Waals surface area contributed by atoms with Crippen LogP contribution in [0.2, 0.25) is 0 Å². The average Bonchev–Trinajstić information content (AvgIpc) is 2.75. The first-order chi connectivity index (χ1) is 14.1. The molecule has 0 saturated carbocycles. The summed E-state index contributed by atoms with van der Waals surface area (Å²) in [5, 5.41) is 12.6. The van der Waals surface area contributed by atoms with E-state index in [9.17, 15) is 26.7 Å². The second kappa shape index (κ2) is 8.70. The lowest BCUT2D eigenvalue weighted by Crippen LogP contribution is -2.41. The van der Waals surface area contributed by atoms with Crippen molar-refractivity contribution in [1.82, 2.24) is 9.29 Å². The van der Waals surface area contributed by atoms with Crippen LogP contribution in [-0.2, 0) is 24.7 Å². The van der Waals surface area contributed by atoms with Crippen molar-refractivity contribution in [3.05, 3.63) is 42.7 Å². The molecule has 0 radical (unpaired) electrons. The van der Waals surface area contributed by atoms with Gasteiger partial charge in [-0.05, 0) is 43.2 Å². The van der Waals surface area contributed by atoms with E-state index in [1.165, 1.54) is 47.9 Å². The van der Waals surface area contributed by atoms with Crippen molar-refractivity contribution in [3.8, 4) is 5.75 Å². The van der Waals surface area contributed by atoms with Crippen LogP contribution in [0.4, 0.5) is 5.69 Å². The standard InChI is InChI=1S/C19H23N3O6S2/c1-2-29(25,26)15-5-6-18(23)17(12-15)21-19(24)14-7-10-22(11-8-14)30(27,28)16-4-3-9-20-13-16/h3-6,9,12-14,23H,2,7-8,10-11H2,1H3,(H,21,24). The summed E-state index contributed by atoms with van der Waals surface area (Å²) in [6.07, 6.45) is 3.39. The van der Waals surface area contributed by atoms with Crippen molar-refractivity contribution >= 4 is 31.5 Å². The Kier molecular flexibility index (Phi) is 6.44. The van der Waals surface area contributed by atoms with Gasteiger partial charge in [0.2, 0.25) is 15.9 Å². The average molecular weight is 454 g/mol. The van der Waals surface area contributed by atoms with Gasteiger partial charge in [0.25, 0.3) is 0 Å². The van der Waals surface area contributed by atoms with Crippen molar-refractivity contribution in [2.45, 2.75) is 29.6 Å². The first-order valence-electron chi connectivity index (χ1n) is 9.42. The first-order valence-corrected chi connectivity index (χ1v) is 12.5. The van der Waals surface area contributed by atoms with E-state index < -0.39 is 31.7 Å². The summed E-state index contributed by atoms with van der Waals surface area (Å²) in [6, 6.07) is 6.76. The normalized spacial score (nSPS) is 16.3. The maximum Gasteiger partial charge on any atom is 0.244 e. The van der Waals surface area contributed by atoms with Crippen LogP contribution in [0.5, 0.6) is 5.75 Å². The second-order valence-electron chi connectivity index (χ2n) is 6.94. The van der Waals surface area contributed by atoms with Gasteiger partial charge in [0.15, 0.2) is 9.84 Å². The van der Waals surface area contributed by atoms with Gasteiger partial charge >= 0.3 is 0 Å². The molecule has 1 aromatic heterocycles. The summed E-state index contributed by atoms with van der Waals surface area (Å²) in [5.41, 5.74) is 0.0138. The smallest absolute Gasteiger partial charge is 0.244 e. The van der Waals surface area contributed by atoms with Crippen LogP contribution in [0.1, 0.15) is 19.8 Å². The van der Waals surface area contributed by atoms with Crippen molar-refractivity contribution in [3.63, 3.8) is 0 Å². The van der Waals surface area contributed by atoms with Crippen LogP contribution in [0, 0.1) is 5.92 Å². The number of phenolic OH excluding ortho intramolecular Hbond substituents is 1. The number of hydrogen-bond donors (Lipinski definition) is 2. The van der Waals surface area contributed by atoms with Gasteiger partial charge < -0.3 is 10.4 Å². The zero-order valence-electron chi connectivity index (χ0n) is 16.4. The van der Waals surface area contributed by atoms with Gasteiger partial charge in [-0.25, -0.2) is 16.8 Å². The topological polar surface area (TPSA) is 134 Å². The lowest BCUT2D eigenvalue weighted by molar-refractivity contribution is -0.120. The number of sulfonamides is 1. The Morgan fingerprint density at radius 2 is 1.87 bits per heavy atom. The van der Waals surface area contributed by atoms with Gasteiger partial charge in [-0.2, -0.15) is 4.31 Å². The number of piperidine rings is 1. The predicted molar refractivity (Wildman–Crippen MR) is 110 cm³/mol. The first kappa shape index (κ1) is 22.2. The van der Waals surface area contributed by atoms with Crippen LogP contribution >= 0.6 is 0 Å². The molecule has 30 heavy (non-hydrogen) atoms. The molecule has 0 spiro atoms. The minimum Gasteiger partial charge on any atom is -0.506 e. The van der Waals surface area contributed by atoms with Gasteiger partial charge in [0, 0.05) is 31.4 Å². The number of hydrogen-bond acceptors (Lipinski definition) is 7. The van der Waals surface area contributed by atoms with Crippen molar-refractivity contribution < 1.29 is 26.7 Å². The molecule has 9 nitrogen and oxygen atoms in total. The summed E-state index contributed by atoms with van der Waals surface area (Å²) in [7, 11) is -7.16. The van der Waals surface area contributed by atoms with E-state index in [1.54, 1.807) is 6.07 Å². The summed E-state index contributed by atoms with van der Waals surface area (Å²) in [6.45, 7) is 1.85. The summed E-state index contributed by atoms with van der Waals surface area (Å²) in [5.74, 6) is -1.20. The second-order valence-corrected chi connectivity index (χ2v) is 11.2. The molecule has 2 heterocycles. The fourth-order valence-corrected chi connectivity index (χ4v) is 5.56. The van der Waals surface area contributed by atoms with E-state index in [-0.39, 0.29) is 40.1 Å². The third-order valence-electron chi connectivity index (χ3n) is 5.06. The molecule has 1 aromatic carbocycles. The molecule has 1 amide bonds. The number of aromatic hydroxyl groups is 1. The Labute approximate surface area is 175 Å². The maximum absolute atomic E-state index is 12.7. The number of anilines is 1. The highest BCUT2D eigenvalue weighted by molar-refractivity contribution is 7.91. The molecule has 1 aliphatic rings. The van der Waals surface area contributed by atoms with Crippen LogP contribution < -0.4 is 5.32 Å². The Hall–Kier alpha value is -2.50. The lowest BCUT2D eigenvalue weighted by Gasteiger charge is -2.30. The number of benzene rings is 1. The van der Waals surface area contributed by atoms with Crippen LogP contribution in [-0.4, -0.2) is 56.0 Å². The summed E-state index contributed by atoms with van der Waals surface area (Å²) in [4.78, 5) is 16.6. The van der Waals surface area contributed by atoms with Crippen LogP contribution in [0.25, 0.3) is 0 Å². The van der Waals surface area contributed by atoms with Crippen LogP contribution in [0.3, 0.4) is 0 Å². The van der Waals surface area contributed by atoms with Crippen molar-refractivity contribution in [1.29, 1.82) is 0 Å². The van der Waals surface area contributed by atoms with Crippen LogP contribution in [0.15, 0.2) is 52.5 Å². The zero-order chi connectivity index (χ0) is 21.9. The number of rotatable bonds is 6. The minimum atomic E-state index is -3.67. The molecular formula is C19H23N3O6S2. The van der Waals surface area contributed by atoms with Crippen molar-refractivity contribution in [2.24, 2.45) is 5.92 Å². The Balaban J connectivity index is 1.67. The number of nitrogens with one attached hydrogen (secondary N) is 1. The van der Waals surface area contributed by atoms with Crippen molar-refractivity contribution in [2.75, 3.05) is 24.2 Å². The van der Waals surface area contributed by atoms with E-state index in [0.29, 0.717) is 12.8 Å². The highest BCUT2D eigenvalue weighted by atomic mass is 32.2. The number of sulfone groups is 1. The molecule has 2 aromatic rings.